The highest BCUT2D eigenvalue weighted by molar-refractivity contribution is 6.33. The summed E-state index contributed by atoms with van der Waals surface area (Å²) in [5.41, 5.74) is 1.62. The van der Waals surface area contributed by atoms with Gasteiger partial charge < -0.3 is 5.11 Å². The molecule has 0 aliphatic heterocycles. The van der Waals surface area contributed by atoms with Gasteiger partial charge in [0.15, 0.2) is 15.5 Å². The number of aromatic nitrogens is 4. The Kier molecular flexibility index (Phi) is 6.85. The van der Waals surface area contributed by atoms with Gasteiger partial charge in [0.25, 0.3) is 0 Å². The van der Waals surface area contributed by atoms with Crippen molar-refractivity contribution in [2.75, 3.05) is 0 Å². The van der Waals surface area contributed by atoms with Crippen LogP contribution >= 0.6 is 46.4 Å². The molecule has 0 unspecified atom stereocenters. The Morgan fingerprint density at radius 2 is 1.50 bits per heavy atom. The van der Waals surface area contributed by atoms with Crippen molar-refractivity contribution < 1.29 is 5.11 Å². The number of rotatable bonds is 1. The monoisotopic (exact) mass is 354 g/mol. The molecule has 1 N–H and O–H groups in total. The molecule has 0 bridgehead atoms. The number of nitrogens with zero attached hydrogens (tertiary/aromatic N) is 4. The van der Waals surface area contributed by atoms with E-state index < -0.39 is 0 Å². The van der Waals surface area contributed by atoms with Gasteiger partial charge in [-0.2, -0.15) is 0 Å². The van der Waals surface area contributed by atoms with Gasteiger partial charge in [0, 0.05) is 0 Å². The summed E-state index contributed by atoms with van der Waals surface area (Å²) in [6.07, 6.45) is 1.46. The largest absolute Gasteiger partial charge is 0.390 e. The van der Waals surface area contributed by atoms with Crippen LogP contribution in [-0.2, 0) is 6.61 Å². The molecular weight excluding hydrogens is 346 g/mol. The molecule has 0 aliphatic rings. The fraction of sp³-hybridized carbons (Fsp3) is 0.273. The Labute approximate surface area is 135 Å². The van der Waals surface area contributed by atoms with Crippen LogP contribution in [0.5, 0.6) is 0 Å². The molecule has 0 radical (unpaired) electrons. The molecule has 0 fully saturated rings. The standard InChI is InChI=1S/C6H6Cl2N2O.C5H4Cl2N2/c1-3-5(7)10-6(8)4(2-11)9-3;1-3-5(7)9-4(6)2-8-3/h11H,2H2,1H3;2H,1H3. The topological polar surface area (TPSA) is 71.8 Å². The Hall–Kier alpha value is -0.720. The van der Waals surface area contributed by atoms with Crippen molar-refractivity contribution >= 4 is 46.4 Å². The Bertz CT molecular complexity index is 609. The second-order valence-electron chi connectivity index (χ2n) is 3.56. The van der Waals surface area contributed by atoms with Crippen LogP contribution in [0.1, 0.15) is 17.1 Å². The molecule has 5 nitrogen and oxygen atoms in total. The van der Waals surface area contributed by atoms with Crippen molar-refractivity contribution in [3.63, 3.8) is 0 Å². The van der Waals surface area contributed by atoms with E-state index in [4.69, 9.17) is 51.5 Å². The molecular formula is C11H10Cl4N4O. The first kappa shape index (κ1) is 17.3. The van der Waals surface area contributed by atoms with Crippen LogP contribution in [0.4, 0.5) is 0 Å². The number of aliphatic hydroxyl groups is 1. The second kappa shape index (κ2) is 7.90. The maximum Gasteiger partial charge on any atom is 0.154 e. The first-order chi connectivity index (χ1) is 9.35. The predicted octanol–water partition coefficient (Wildman–Crippen LogP) is 3.68. The number of aliphatic hydroxyl groups excluding tert-OH is 1. The van der Waals surface area contributed by atoms with Crippen LogP contribution in [0, 0.1) is 13.8 Å². The Balaban J connectivity index is 0.000000204. The van der Waals surface area contributed by atoms with Gasteiger partial charge in [0.2, 0.25) is 0 Å². The van der Waals surface area contributed by atoms with Crippen molar-refractivity contribution in [1.82, 2.24) is 19.9 Å². The minimum Gasteiger partial charge on any atom is -0.390 e. The molecule has 2 rings (SSSR count). The minimum atomic E-state index is -0.218. The third-order valence-corrected chi connectivity index (χ3v) is 3.25. The summed E-state index contributed by atoms with van der Waals surface area (Å²) in [7, 11) is 0. The Morgan fingerprint density at radius 3 is 2.00 bits per heavy atom. The maximum absolute atomic E-state index is 8.70. The van der Waals surface area contributed by atoms with Crippen molar-refractivity contribution in [1.29, 1.82) is 0 Å². The SMILES string of the molecule is Cc1nc(CO)c(Cl)nc1Cl.Cc1ncc(Cl)nc1Cl. The first-order valence-electron chi connectivity index (χ1n) is 5.29. The normalized spacial score (nSPS) is 9.95. The van der Waals surface area contributed by atoms with Gasteiger partial charge in [0.1, 0.15) is 10.8 Å². The molecule has 0 aromatic carbocycles. The first-order valence-corrected chi connectivity index (χ1v) is 6.80. The van der Waals surface area contributed by atoms with E-state index in [0.29, 0.717) is 27.4 Å². The quantitative estimate of drug-likeness (QED) is 0.844. The maximum atomic E-state index is 8.70. The molecule has 2 aromatic heterocycles. The Morgan fingerprint density at radius 1 is 0.900 bits per heavy atom. The van der Waals surface area contributed by atoms with Crippen molar-refractivity contribution in [2.24, 2.45) is 0 Å². The van der Waals surface area contributed by atoms with Crippen LogP contribution in [0.2, 0.25) is 20.6 Å². The third-order valence-electron chi connectivity index (χ3n) is 2.05. The molecule has 0 spiro atoms. The summed E-state index contributed by atoms with van der Waals surface area (Å²) in [5.74, 6) is 0. The fourth-order valence-electron chi connectivity index (χ4n) is 1.03. The van der Waals surface area contributed by atoms with E-state index in [1.54, 1.807) is 13.8 Å². The molecule has 0 aliphatic carbocycles. The summed E-state index contributed by atoms with van der Waals surface area (Å²) in [4.78, 5) is 15.3. The van der Waals surface area contributed by atoms with Crippen molar-refractivity contribution in [2.45, 2.75) is 20.5 Å². The van der Waals surface area contributed by atoms with E-state index in [-0.39, 0.29) is 16.9 Å². The van der Waals surface area contributed by atoms with E-state index in [2.05, 4.69) is 19.9 Å². The highest BCUT2D eigenvalue weighted by Gasteiger charge is 2.05. The van der Waals surface area contributed by atoms with Gasteiger partial charge in [-0.3, -0.25) is 4.98 Å². The average Bonchev–Trinajstić information content (AvgIpc) is 2.39. The van der Waals surface area contributed by atoms with Crippen molar-refractivity contribution in [3.05, 3.63) is 43.9 Å². The van der Waals surface area contributed by atoms with Gasteiger partial charge in [-0.25, -0.2) is 15.0 Å². The van der Waals surface area contributed by atoms with Gasteiger partial charge in [-0.1, -0.05) is 46.4 Å². The van der Waals surface area contributed by atoms with Crippen LogP contribution in [0.25, 0.3) is 0 Å². The van der Waals surface area contributed by atoms with E-state index >= 15 is 0 Å². The molecule has 0 saturated carbocycles. The number of halogens is 4. The lowest BCUT2D eigenvalue weighted by atomic mass is 10.4. The van der Waals surface area contributed by atoms with Crippen LogP contribution in [-0.4, -0.2) is 25.0 Å². The van der Waals surface area contributed by atoms with Crippen LogP contribution < -0.4 is 0 Å². The summed E-state index contributed by atoms with van der Waals surface area (Å²) < 4.78 is 0. The average molecular weight is 356 g/mol. The van der Waals surface area contributed by atoms with E-state index in [1.807, 2.05) is 0 Å². The van der Waals surface area contributed by atoms with E-state index in [1.165, 1.54) is 6.20 Å². The highest BCUT2D eigenvalue weighted by Crippen LogP contribution is 2.16. The molecule has 0 saturated heterocycles. The number of hydrogen-bond acceptors (Lipinski definition) is 5. The molecule has 20 heavy (non-hydrogen) atoms. The van der Waals surface area contributed by atoms with E-state index in [9.17, 15) is 0 Å². The lowest BCUT2D eigenvalue weighted by Gasteiger charge is -2.01. The lowest BCUT2D eigenvalue weighted by molar-refractivity contribution is 0.276. The zero-order valence-electron chi connectivity index (χ0n) is 10.5. The third kappa shape index (κ3) is 5.00. The zero-order valence-corrected chi connectivity index (χ0v) is 13.6. The zero-order chi connectivity index (χ0) is 15.3. The van der Waals surface area contributed by atoms with Crippen molar-refractivity contribution in [3.8, 4) is 0 Å². The smallest absolute Gasteiger partial charge is 0.154 e. The summed E-state index contributed by atoms with van der Waals surface area (Å²) in [6, 6.07) is 0. The molecule has 108 valence electrons. The summed E-state index contributed by atoms with van der Waals surface area (Å²) in [6.45, 7) is 3.25. The predicted molar refractivity (Wildman–Crippen MR) is 79.5 cm³/mol. The number of aryl methyl sites for hydroxylation is 2. The molecule has 2 aromatic rings. The van der Waals surface area contributed by atoms with Gasteiger partial charge in [-0.05, 0) is 13.8 Å². The van der Waals surface area contributed by atoms with Crippen LogP contribution in [0.15, 0.2) is 6.20 Å². The summed E-state index contributed by atoms with van der Waals surface area (Å²) in [5, 5.41) is 9.82. The molecule has 2 heterocycles. The lowest BCUT2D eigenvalue weighted by Crippen LogP contribution is -1.97. The second-order valence-corrected chi connectivity index (χ2v) is 5.03. The molecule has 0 amide bonds. The minimum absolute atomic E-state index is 0.156. The molecule has 9 heteroatoms. The highest BCUT2D eigenvalue weighted by atomic mass is 35.5. The fourth-order valence-corrected chi connectivity index (χ4v) is 1.71. The van der Waals surface area contributed by atoms with E-state index in [0.717, 1.165) is 0 Å². The van der Waals surface area contributed by atoms with Crippen LogP contribution in [0.3, 0.4) is 0 Å². The van der Waals surface area contributed by atoms with Gasteiger partial charge >= 0.3 is 0 Å². The summed E-state index contributed by atoms with van der Waals surface area (Å²) >= 11 is 22.2. The van der Waals surface area contributed by atoms with Gasteiger partial charge in [-0.15, -0.1) is 0 Å². The number of hydrogen-bond donors (Lipinski definition) is 1. The van der Waals surface area contributed by atoms with Gasteiger partial charge in [0.05, 0.1) is 24.2 Å². The molecule has 0 atom stereocenters.